The van der Waals surface area contributed by atoms with Gasteiger partial charge >= 0.3 is 5.97 Å². The van der Waals surface area contributed by atoms with E-state index in [1.54, 1.807) is 12.1 Å². The van der Waals surface area contributed by atoms with Crippen LogP contribution in [0.15, 0.2) is 53.8 Å². The predicted octanol–water partition coefficient (Wildman–Crippen LogP) is 6.23. The molecule has 4 aromatic rings. The Hall–Kier alpha value is -2.97. The summed E-state index contributed by atoms with van der Waals surface area (Å²) in [5.41, 5.74) is 0.573. The lowest BCUT2D eigenvalue weighted by Gasteiger charge is -2.34. The fourth-order valence-corrected chi connectivity index (χ4v) is 6.55. The number of pyridine rings is 1. The van der Waals surface area contributed by atoms with Gasteiger partial charge in [-0.1, -0.05) is 70.3 Å². The topological polar surface area (TPSA) is 116 Å². The average Bonchev–Trinajstić information content (AvgIpc) is 3.32. The minimum atomic E-state index is -4.13. The standard InChI is InChI=1S/C28H29Br2F2N5O4S/c1-15-6-8-17(9-7-15)42(39,40)37-14-19(18-10-16(31)12-34-26(18)37)24-33-13-21(32)25(36-24)35-22(28(2,3)4)11-20(29)23(30)27(38)41-5/h6-10,12-14,20,22-23H,11H2,1-5H3,(H,33,35,36). The third-order valence-corrected chi connectivity index (χ3v) is 11.0. The normalized spacial score (nSPS) is 14.4. The molecular weight excluding hydrogens is 700 g/mol. The largest absolute Gasteiger partial charge is 0.468 e. The highest BCUT2D eigenvalue weighted by Crippen LogP contribution is 2.34. The van der Waals surface area contributed by atoms with E-state index in [2.05, 4.69) is 52.1 Å². The monoisotopic (exact) mass is 727 g/mol. The number of nitrogens with zero attached hydrogens (tertiary/aromatic N) is 4. The van der Waals surface area contributed by atoms with Crippen LogP contribution in [0.5, 0.6) is 0 Å². The summed E-state index contributed by atoms with van der Waals surface area (Å²) in [6, 6.07) is 7.01. The van der Waals surface area contributed by atoms with Crippen LogP contribution in [0, 0.1) is 24.0 Å². The Morgan fingerprint density at radius 1 is 1.12 bits per heavy atom. The van der Waals surface area contributed by atoms with Crippen LogP contribution in [-0.2, 0) is 19.6 Å². The van der Waals surface area contributed by atoms with Crippen molar-refractivity contribution in [3.8, 4) is 11.4 Å². The van der Waals surface area contributed by atoms with Gasteiger partial charge in [0.25, 0.3) is 10.0 Å². The number of methoxy groups -OCH3 is 1. The molecule has 0 aliphatic rings. The lowest BCUT2D eigenvalue weighted by Crippen LogP contribution is -2.39. The molecule has 3 aromatic heterocycles. The molecule has 0 bridgehead atoms. The van der Waals surface area contributed by atoms with Crippen LogP contribution >= 0.6 is 31.9 Å². The first kappa shape index (κ1) is 32.0. The summed E-state index contributed by atoms with van der Waals surface area (Å²) in [7, 11) is -2.84. The Kier molecular flexibility index (Phi) is 9.38. The number of nitrogens with one attached hydrogen (secondary N) is 1. The van der Waals surface area contributed by atoms with Crippen molar-refractivity contribution < 1.29 is 26.7 Å². The van der Waals surface area contributed by atoms with E-state index in [9.17, 15) is 17.6 Å². The molecule has 1 aromatic carbocycles. The lowest BCUT2D eigenvalue weighted by atomic mass is 9.83. The van der Waals surface area contributed by atoms with Gasteiger partial charge in [-0.3, -0.25) is 4.79 Å². The SMILES string of the molecule is COC(=O)C(Br)C(Br)CC(Nc1nc(-c2cn(S(=O)(=O)c3ccc(C)cc3)c3ncc(F)cc23)ncc1F)C(C)(C)C. The summed E-state index contributed by atoms with van der Waals surface area (Å²) < 4.78 is 62.3. The highest BCUT2D eigenvalue weighted by atomic mass is 79.9. The van der Waals surface area contributed by atoms with Crippen LogP contribution in [0.2, 0.25) is 0 Å². The number of ether oxygens (including phenoxy) is 1. The number of aryl methyl sites for hydroxylation is 1. The Bertz CT molecular complexity index is 1730. The van der Waals surface area contributed by atoms with Crippen molar-refractivity contribution in [2.24, 2.45) is 5.41 Å². The van der Waals surface area contributed by atoms with Gasteiger partial charge in [0, 0.05) is 28.0 Å². The summed E-state index contributed by atoms with van der Waals surface area (Å²) in [5.74, 6) is -2.08. The second kappa shape index (κ2) is 12.3. The Balaban J connectivity index is 1.78. The maximum absolute atomic E-state index is 15.1. The van der Waals surface area contributed by atoms with Crippen LogP contribution in [0.1, 0.15) is 32.8 Å². The van der Waals surface area contributed by atoms with Crippen molar-refractivity contribution in [2.45, 2.75) is 54.7 Å². The summed E-state index contributed by atoms with van der Waals surface area (Å²) in [4.78, 5) is 23.6. The fourth-order valence-electron chi connectivity index (χ4n) is 4.24. The Morgan fingerprint density at radius 3 is 2.40 bits per heavy atom. The van der Waals surface area contributed by atoms with Crippen LogP contribution in [-0.4, -0.2) is 56.1 Å². The smallest absolute Gasteiger partial charge is 0.320 e. The third kappa shape index (κ3) is 6.65. The lowest BCUT2D eigenvalue weighted by molar-refractivity contribution is -0.139. The molecule has 9 nitrogen and oxygen atoms in total. The van der Waals surface area contributed by atoms with E-state index in [1.807, 2.05) is 27.7 Å². The zero-order valence-corrected chi connectivity index (χ0v) is 27.4. The average molecular weight is 729 g/mol. The number of esters is 1. The number of anilines is 1. The highest BCUT2D eigenvalue weighted by Gasteiger charge is 2.33. The Morgan fingerprint density at radius 2 is 1.79 bits per heavy atom. The van der Waals surface area contributed by atoms with Gasteiger partial charge < -0.3 is 10.1 Å². The van der Waals surface area contributed by atoms with Gasteiger partial charge in [-0.05, 0) is 37.0 Å². The molecule has 42 heavy (non-hydrogen) atoms. The molecule has 0 amide bonds. The quantitative estimate of drug-likeness (QED) is 0.159. The molecule has 3 atom stereocenters. The van der Waals surface area contributed by atoms with Gasteiger partial charge in [-0.25, -0.2) is 36.1 Å². The number of halogens is 4. The number of hydrogen-bond donors (Lipinski definition) is 1. The molecular formula is C28H29Br2F2N5O4S. The molecule has 3 heterocycles. The van der Waals surface area contributed by atoms with E-state index >= 15 is 4.39 Å². The molecule has 224 valence electrons. The van der Waals surface area contributed by atoms with Gasteiger partial charge in [0.1, 0.15) is 10.6 Å². The minimum Gasteiger partial charge on any atom is -0.468 e. The first-order chi connectivity index (χ1) is 19.6. The van der Waals surface area contributed by atoms with Crippen LogP contribution < -0.4 is 5.32 Å². The number of aromatic nitrogens is 4. The summed E-state index contributed by atoms with van der Waals surface area (Å²) in [6.07, 6.45) is 3.51. The van der Waals surface area contributed by atoms with Gasteiger partial charge in [0.15, 0.2) is 23.1 Å². The van der Waals surface area contributed by atoms with E-state index in [0.717, 1.165) is 28.0 Å². The fraction of sp³-hybridized carbons (Fsp3) is 0.357. The number of rotatable bonds is 9. The van der Waals surface area contributed by atoms with Crippen molar-refractivity contribution in [3.05, 3.63) is 66.1 Å². The first-order valence-corrected chi connectivity index (χ1v) is 16.0. The molecule has 3 unspecified atom stereocenters. The van der Waals surface area contributed by atoms with Crippen LogP contribution in [0.4, 0.5) is 14.6 Å². The molecule has 4 rings (SSSR count). The van der Waals surface area contributed by atoms with Gasteiger partial charge in [-0.15, -0.1) is 0 Å². The molecule has 1 N–H and O–H groups in total. The molecule has 14 heteroatoms. The third-order valence-electron chi connectivity index (χ3n) is 6.70. The maximum atomic E-state index is 15.1. The van der Waals surface area contributed by atoms with Gasteiger partial charge in [0.2, 0.25) is 0 Å². The number of alkyl halides is 2. The zero-order valence-electron chi connectivity index (χ0n) is 23.4. The van der Waals surface area contributed by atoms with Crippen molar-refractivity contribution in [1.29, 1.82) is 0 Å². The minimum absolute atomic E-state index is 0.0134. The Labute approximate surface area is 259 Å². The van der Waals surface area contributed by atoms with E-state index in [1.165, 1.54) is 25.4 Å². The first-order valence-electron chi connectivity index (χ1n) is 12.8. The second-order valence-electron chi connectivity index (χ2n) is 10.8. The number of hydrogen-bond acceptors (Lipinski definition) is 8. The number of benzene rings is 1. The van der Waals surface area contributed by atoms with Crippen molar-refractivity contribution in [1.82, 2.24) is 18.9 Å². The number of carbonyl (C=O) groups excluding carboxylic acids is 1. The van der Waals surface area contributed by atoms with Crippen molar-refractivity contribution in [3.63, 3.8) is 0 Å². The van der Waals surface area contributed by atoms with E-state index in [-0.39, 0.29) is 38.0 Å². The van der Waals surface area contributed by atoms with Crippen LogP contribution in [0.25, 0.3) is 22.4 Å². The van der Waals surface area contributed by atoms with E-state index in [0.29, 0.717) is 6.42 Å². The van der Waals surface area contributed by atoms with Gasteiger partial charge in [0.05, 0.1) is 24.4 Å². The van der Waals surface area contributed by atoms with Crippen molar-refractivity contribution >= 4 is 64.7 Å². The zero-order chi connectivity index (χ0) is 31.0. The van der Waals surface area contributed by atoms with Crippen molar-refractivity contribution in [2.75, 3.05) is 12.4 Å². The second-order valence-corrected chi connectivity index (χ2v) is 14.8. The number of fused-ring (bicyclic) bond motifs is 1. The summed E-state index contributed by atoms with van der Waals surface area (Å²) >= 11 is 6.86. The molecule has 0 aliphatic carbocycles. The summed E-state index contributed by atoms with van der Waals surface area (Å²) in [6.45, 7) is 7.68. The summed E-state index contributed by atoms with van der Waals surface area (Å²) in [5, 5.41) is 3.26. The molecule has 0 saturated heterocycles. The van der Waals surface area contributed by atoms with E-state index in [4.69, 9.17) is 4.74 Å². The number of carbonyl (C=O) groups is 1. The van der Waals surface area contributed by atoms with Gasteiger partial charge in [-0.2, -0.15) is 0 Å². The molecule has 0 fully saturated rings. The molecule has 0 aliphatic heterocycles. The molecule has 0 radical (unpaired) electrons. The van der Waals surface area contributed by atoms with Crippen LogP contribution in [0.3, 0.4) is 0 Å². The molecule has 0 spiro atoms. The predicted molar refractivity (Wildman–Crippen MR) is 163 cm³/mol. The van der Waals surface area contributed by atoms with E-state index < -0.39 is 43.9 Å². The highest BCUT2D eigenvalue weighted by molar-refractivity contribution is 9.12. The maximum Gasteiger partial charge on any atom is 0.320 e. The molecule has 0 saturated carbocycles.